The van der Waals surface area contributed by atoms with Crippen molar-refractivity contribution in [3.8, 4) is 11.5 Å². The summed E-state index contributed by atoms with van der Waals surface area (Å²) < 4.78 is 11.3. The number of aromatic nitrogens is 2. The topological polar surface area (TPSA) is 59.5 Å². The van der Waals surface area contributed by atoms with Crippen LogP contribution in [0.1, 0.15) is 18.2 Å². The van der Waals surface area contributed by atoms with Crippen molar-refractivity contribution >= 4 is 23.1 Å². The van der Waals surface area contributed by atoms with E-state index in [0.29, 0.717) is 25.2 Å². The standard InChI is InChI=1S/C22H22N4O2/c1-14-11-21(26-15(2)12-16-5-3-4-6-18(16)26)25-22(23-14)24-17-7-8-19-20(13-17)28-10-9-27-19/h3-8,11,13,15H,9-10,12H2,1-2H3,(H,23,24,25). The lowest BCUT2D eigenvalue weighted by Gasteiger charge is -2.24. The van der Waals surface area contributed by atoms with Gasteiger partial charge in [0.2, 0.25) is 5.95 Å². The number of hydrogen-bond donors (Lipinski definition) is 1. The van der Waals surface area contributed by atoms with Gasteiger partial charge in [-0.15, -0.1) is 0 Å². The normalized spacial score (nSPS) is 17.4. The van der Waals surface area contributed by atoms with E-state index in [1.165, 1.54) is 11.3 Å². The van der Waals surface area contributed by atoms with E-state index >= 15 is 0 Å². The minimum atomic E-state index is 0.355. The molecule has 0 saturated carbocycles. The van der Waals surface area contributed by atoms with Gasteiger partial charge in [0.15, 0.2) is 11.5 Å². The van der Waals surface area contributed by atoms with E-state index in [4.69, 9.17) is 14.5 Å². The first-order valence-electron chi connectivity index (χ1n) is 9.57. The lowest BCUT2D eigenvalue weighted by Crippen LogP contribution is -2.25. The fourth-order valence-corrected chi connectivity index (χ4v) is 3.90. The monoisotopic (exact) mass is 374 g/mol. The summed E-state index contributed by atoms with van der Waals surface area (Å²) in [5.74, 6) is 2.99. The summed E-state index contributed by atoms with van der Waals surface area (Å²) in [5.41, 5.74) is 4.36. The van der Waals surface area contributed by atoms with Crippen LogP contribution in [0.2, 0.25) is 0 Å². The molecule has 1 aromatic heterocycles. The number of para-hydroxylation sites is 1. The van der Waals surface area contributed by atoms with E-state index in [1.807, 2.05) is 31.2 Å². The average Bonchev–Trinajstić information content (AvgIpc) is 3.03. The Morgan fingerprint density at radius 1 is 1.00 bits per heavy atom. The highest BCUT2D eigenvalue weighted by atomic mass is 16.6. The van der Waals surface area contributed by atoms with Crippen molar-refractivity contribution in [3.63, 3.8) is 0 Å². The third-order valence-corrected chi connectivity index (χ3v) is 5.09. The Balaban J connectivity index is 1.47. The van der Waals surface area contributed by atoms with E-state index in [-0.39, 0.29) is 0 Å². The molecule has 0 saturated heterocycles. The fourth-order valence-electron chi connectivity index (χ4n) is 3.90. The predicted molar refractivity (Wildman–Crippen MR) is 109 cm³/mol. The Kier molecular flexibility index (Phi) is 4.04. The van der Waals surface area contributed by atoms with Crippen LogP contribution in [0.3, 0.4) is 0 Å². The Labute approximate surface area is 164 Å². The first kappa shape index (κ1) is 16.9. The van der Waals surface area contributed by atoms with Crippen LogP contribution in [0, 0.1) is 6.92 Å². The van der Waals surface area contributed by atoms with Gasteiger partial charge >= 0.3 is 0 Å². The van der Waals surface area contributed by atoms with Gasteiger partial charge in [0.1, 0.15) is 19.0 Å². The molecule has 2 aromatic carbocycles. The number of aryl methyl sites for hydroxylation is 1. The summed E-state index contributed by atoms with van der Waals surface area (Å²) in [6.45, 7) is 5.37. The molecule has 142 valence electrons. The number of ether oxygens (including phenoxy) is 2. The van der Waals surface area contributed by atoms with Crippen LogP contribution in [0.15, 0.2) is 48.5 Å². The summed E-state index contributed by atoms with van der Waals surface area (Å²) in [7, 11) is 0. The number of anilines is 4. The Morgan fingerprint density at radius 2 is 1.82 bits per heavy atom. The van der Waals surface area contributed by atoms with Gasteiger partial charge in [0, 0.05) is 35.2 Å². The Bertz CT molecular complexity index is 1040. The lowest BCUT2D eigenvalue weighted by molar-refractivity contribution is 0.171. The van der Waals surface area contributed by atoms with Crippen LogP contribution in [0.5, 0.6) is 11.5 Å². The average molecular weight is 374 g/mol. The third-order valence-electron chi connectivity index (χ3n) is 5.09. The molecule has 1 N–H and O–H groups in total. The summed E-state index contributed by atoms with van der Waals surface area (Å²) >= 11 is 0. The molecule has 0 amide bonds. The zero-order valence-electron chi connectivity index (χ0n) is 16.0. The minimum Gasteiger partial charge on any atom is -0.486 e. The van der Waals surface area contributed by atoms with Gasteiger partial charge in [0.25, 0.3) is 0 Å². The highest BCUT2D eigenvalue weighted by Gasteiger charge is 2.28. The number of fused-ring (bicyclic) bond motifs is 2. The first-order valence-corrected chi connectivity index (χ1v) is 9.57. The molecule has 0 bridgehead atoms. The maximum Gasteiger partial charge on any atom is 0.229 e. The molecule has 1 atom stereocenters. The molecule has 3 aromatic rings. The molecule has 5 rings (SSSR count). The molecule has 0 spiro atoms. The van der Waals surface area contributed by atoms with Gasteiger partial charge in [-0.05, 0) is 44.0 Å². The molecule has 3 heterocycles. The van der Waals surface area contributed by atoms with Gasteiger partial charge < -0.3 is 19.7 Å². The maximum absolute atomic E-state index is 5.67. The van der Waals surface area contributed by atoms with Gasteiger partial charge in [-0.2, -0.15) is 4.98 Å². The van der Waals surface area contributed by atoms with E-state index in [9.17, 15) is 0 Å². The third kappa shape index (κ3) is 3.01. The smallest absolute Gasteiger partial charge is 0.229 e. The molecule has 28 heavy (non-hydrogen) atoms. The first-order chi connectivity index (χ1) is 13.7. The van der Waals surface area contributed by atoms with Gasteiger partial charge in [-0.1, -0.05) is 18.2 Å². The number of nitrogens with one attached hydrogen (secondary N) is 1. The maximum atomic E-state index is 5.67. The van der Waals surface area contributed by atoms with Crippen molar-refractivity contribution in [2.45, 2.75) is 26.3 Å². The molecular weight excluding hydrogens is 352 g/mol. The molecule has 0 radical (unpaired) electrons. The van der Waals surface area contributed by atoms with Crippen molar-refractivity contribution in [3.05, 3.63) is 59.8 Å². The second-order valence-electron chi connectivity index (χ2n) is 7.23. The summed E-state index contributed by atoms with van der Waals surface area (Å²) in [6.07, 6.45) is 1.02. The van der Waals surface area contributed by atoms with Crippen LogP contribution in [0.4, 0.5) is 23.1 Å². The lowest BCUT2D eigenvalue weighted by atomic mass is 10.1. The number of nitrogens with zero attached hydrogens (tertiary/aromatic N) is 3. The SMILES string of the molecule is Cc1cc(N2c3ccccc3CC2C)nc(Nc2ccc3c(c2)OCCO3)n1. The van der Waals surface area contributed by atoms with Crippen LogP contribution in [-0.2, 0) is 6.42 Å². The zero-order chi connectivity index (χ0) is 19.1. The summed E-state index contributed by atoms with van der Waals surface area (Å²) in [5, 5.41) is 3.31. The quantitative estimate of drug-likeness (QED) is 0.734. The molecule has 6 nitrogen and oxygen atoms in total. The van der Waals surface area contributed by atoms with Gasteiger partial charge in [-0.3, -0.25) is 0 Å². The van der Waals surface area contributed by atoms with Crippen LogP contribution in [-0.4, -0.2) is 29.2 Å². The number of rotatable bonds is 3. The summed E-state index contributed by atoms with van der Waals surface area (Å²) in [6, 6.07) is 16.7. The fraction of sp³-hybridized carbons (Fsp3) is 0.273. The molecule has 2 aliphatic rings. The van der Waals surface area contributed by atoms with Crippen molar-refractivity contribution < 1.29 is 9.47 Å². The van der Waals surface area contributed by atoms with Crippen LogP contribution in [0.25, 0.3) is 0 Å². The van der Waals surface area contributed by atoms with E-state index in [1.54, 1.807) is 0 Å². The van der Waals surface area contributed by atoms with E-state index < -0.39 is 0 Å². The van der Waals surface area contributed by atoms with Crippen LogP contribution < -0.4 is 19.7 Å². The van der Waals surface area contributed by atoms with Crippen molar-refractivity contribution in [1.82, 2.24) is 9.97 Å². The van der Waals surface area contributed by atoms with Crippen molar-refractivity contribution in [2.24, 2.45) is 0 Å². The molecular formula is C22H22N4O2. The number of hydrogen-bond acceptors (Lipinski definition) is 6. The molecule has 2 aliphatic heterocycles. The predicted octanol–water partition coefficient (Wildman–Crippen LogP) is 4.38. The minimum absolute atomic E-state index is 0.355. The largest absolute Gasteiger partial charge is 0.486 e. The molecule has 1 unspecified atom stereocenters. The van der Waals surface area contributed by atoms with Gasteiger partial charge in [-0.25, -0.2) is 4.98 Å². The molecule has 0 fully saturated rings. The van der Waals surface area contributed by atoms with Crippen molar-refractivity contribution in [2.75, 3.05) is 23.4 Å². The van der Waals surface area contributed by atoms with E-state index in [2.05, 4.69) is 46.4 Å². The van der Waals surface area contributed by atoms with Crippen molar-refractivity contribution in [1.29, 1.82) is 0 Å². The highest BCUT2D eigenvalue weighted by molar-refractivity contribution is 5.70. The Hall–Kier alpha value is -3.28. The van der Waals surface area contributed by atoms with Crippen LogP contribution >= 0.6 is 0 Å². The van der Waals surface area contributed by atoms with Gasteiger partial charge in [0.05, 0.1) is 0 Å². The highest BCUT2D eigenvalue weighted by Crippen LogP contribution is 2.38. The second kappa shape index (κ2) is 6.71. The second-order valence-corrected chi connectivity index (χ2v) is 7.23. The molecule has 0 aliphatic carbocycles. The molecule has 6 heteroatoms. The van der Waals surface area contributed by atoms with E-state index in [0.717, 1.165) is 35.1 Å². The Morgan fingerprint density at radius 3 is 2.71 bits per heavy atom. The number of benzene rings is 2. The summed E-state index contributed by atoms with van der Waals surface area (Å²) in [4.78, 5) is 11.7. The zero-order valence-corrected chi connectivity index (χ0v) is 16.0.